The maximum Gasteiger partial charge on any atom is 0.0225 e. The van der Waals surface area contributed by atoms with Crippen molar-refractivity contribution in [2.75, 3.05) is 0 Å². The number of hydrogen-bond acceptors (Lipinski definition) is 0. The maximum atomic E-state index is 3.68. The summed E-state index contributed by atoms with van der Waals surface area (Å²) in [5.41, 5.74) is 0. The summed E-state index contributed by atoms with van der Waals surface area (Å²) < 4.78 is 0. The van der Waals surface area contributed by atoms with E-state index in [0.717, 1.165) is 23.7 Å². The lowest BCUT2D eigenvalue weighted by molar-refractivity contribution is 0.227. The highest BCUT2D eigenvalue weighted by molar-refractivity contribution is 6.08. The topological polar surface area (TPSA) is 0 Å². The SMILES string of the molecule is CC1CCC(CCC2CCC(C[Si])CC2)CC1. The van der Waals surface area contributed by atoms with Crippen LogP contribution in [0.5, 0.6) is 0 Å². The lowest BCUT2D eigenvalue weighted by Crippen LogP contribution is -2.17. The van der Waals surface area contributed by atoms with Gasteiger partial charge in [0.15, 0.2) is 0 Å². The first kappa shape index (κ1) is 13.6. The van der Waals surface area contributed by atoms with Crippen LogP contribution in [0, 0.1) is 23.7 Å². The molecule has 0 atom stereocenters. The third-order valence-electron chi connectivity index (χ3n) is 5.37. The molecule has 0 heterocycles. The molecule has 0 aromatic heterocycles. The largest absolute Gasteiger partial charge is 0.0625 e. The van der Waals surface area contributed by atoms with Gasteiger partial charge in [-0.3, -0.25) is 0 Å². The molecule has 0 aromatic carbocycles. The Morgan fingerprint density at radius 1 is 0.706 bits per heavy atom. The van der Waals surface area contributed by atoms with Gasteiger partial charge in [-0.1, -0.05) is 77.2 Å². The molecule has 0 saturated heterocycles. The van der Waals surface area contributed by atoms with Gasteiger partial charge in [-0.05, 0) is 23.7 Å². The predicted molar refractivity (Wildman–Crippen MR) is 76.4 cm³/mol. The molecule has 0 amide bonds. The summed E-state index contributed by atoms with van der Waals surface area (Å²) >= 11 is 0. The quantitative estimate of drug-likeness (QED) is 0.616. The molecule has 0 bridgehead atoms. The van der Waals surface area contributed by atoms with Gasteiger partial charge in [0.25, 0.3) is 0 Å². The Kier molecular flexibility index (Phi) is 5.59. The molecule has 2 aliphatic rings. The Morgan fingerprint density at radius 3 is 1.59 bits per heavy atom. The van der Waals surface area contributed by atoms with Crippen molar-refractivity contribution >= 4 is 10.2 Å². The summed E-state index contributed by atoms with van der Waals surface area (Å²) in [6.45, 7) is 2.43. The van der Waals surface area contributed by atoms with E-state index in [0.29, 0.717) is 0 Å². The third kappa shape index (κ3) is 4.42. The summed E-state index contributed by atoms with van der Waals surface area (Å²) in [7, 11) is 3.68. The average molecular weight is 249 g/mol. The molecule has 0 spiro atoms. The van der Waals surface area contributed by atoms with Gasteiger partial charge in [0, 0.05) is 10.2 Å². The molecule has 0 aromatic rings. The monoisotopic (exact) mass is 249 g/mol. The molecule has 3 radical (unpaired) electrons. The molecule has 0 aliphatic heterocycles. The first-order valence-corrected chi connectivity index (χ1v) is 8.63. The molecular weight excluding hydrogens is 220 g/mol. The van der Waals surface area contributed by atoms with Crippen molar-refractivity contribution in [2.45, 2.75) is 77.2 Å². The third-order valence-corrected chi connectivity index (χ3v) is 5.95. The van der Waals surface area contributed by atoms with E-state index in [1.807, 2.05) is 0 Å². The van der Waals surface area contributed by atoms with E-state index in [9.17, 15) is 0 Å². The van der Waals surface area contributed by atoms with E-state index in [1.54, 1.807) is 0 Å². The first-order chi connectivity index (χ1) is 8.28. The van der Waals surface area contributed by atoms with Crippen LogP contribution in [0.4, 0.5) is 0 Å². The van der Waals surface area contributed by atoms with Crippen LogP contribution in [-0.2, 0) is 0 Å². The average Bonchev–Trinajstić information content (AvgIpc) is 2.39. The molecule has 2 aliphatic carbocycles. The van der Waals surface area contributed by atoms with Gasteiger partial charge in [-0.25, -0.2) is 0 Å². The minimum atomic E-state index is 0.985. The summed E-state index contributed by atoms with van der Waals surface area (Å²) in [5, 5.41) is 0. The lowest BCUT2D eigenvalue weighted by atomic mass is 9.76. The van der Waals surface area contributed by atoms with Gasteiger partial charge in [0.05, 0.1) is 0 Å². The van der Waals surface area contributed by atoms with E-state index < -0.39 is 0 Å². The van der Waals surface area contributed by atoms with E-state index >= 15 is 0 Å². The summed E-state index contributed by atoms with van der Waals surface area (Å²) in [6, 6.07) is 1.23. The molecule has 0 N–H and O–H groups in total. The van der Waals surface area contributed by atoms with Crippen molar-refractivity contribution in [3.63, 3.8) is 0 Å². The van der Waals surface area contributed by atoms with E-state index in [2.05, 4.69) is 17.2 Å². The van der Waals surface area contributed by atoms with Crippen LogP contribution in [0.3, 0.4) is 0 Å². The highest BCUT2D eigenvalue weighted by Gasteiger charge is 2.22. The van der Waals surface area contributed by atoms with Crippen molar-refractivity contribution in [2.24, 2.45) is 23.7 Å². The normalized spacial score (nSPS) is 39.2. The Morgan fingerprint density at radius 2 is 1.12 bits per heavy atom. The zero-order valence-corrected chi connectivity index (χ0v) is 12.6. The summed E-state index contributed by atoms with van der Waals surface area (Å²) in [4.78, 5) is 0. The van der Waals surface area contributed by atoms with E-state index in [-0.39, 0.29) is 0 Å². The van der Waals surface area contributed by atoms with E-state index in [4.69, 9.17) is 0 Å². The zero-order valence-electron chi connectivity index (χ0n) is 11.6. The smallest absolute Gasteiger partial charge is 0.0225 e. The van der Waals surface area contributed by atoms with Crippen LogP contribution < -0.4 is 0 Å². The fraction of sp³-hybridized carbons (Fsp3) is 1.00. The molecule has 0 unspecified atom stereocenters. The Hall–Kier alpha value is 0.217. The van der Waals surface area contributed by atoms with Crippen molar-refractivity contribution in [1.29, 1.82) is 0 Å². The molecule has 2 fully saturated rings. The van der Waals surface area contributed by atoms with Crippen LogP contribution in [0.2, 0.25) is 6.04 Å². The van der Waals surface area contributed by atoms with Crippen molar-refractivity contribution in [3.05, 3.63) is 0 Å². The molecule has 1 heteroatoms. The maximum absolute atomic E-state index is 3.68. The second-order valence-corrected chi connectivity index (χ2v) is 7.20. The van der Waals surface area contributed by atoms with Gasteiger partial charge in [0.1, 0.15) is 0 Å². The molecular formula is C16H29Si. The first-order valence-electron chi connectivity index (χ1n) is 7.92. The summed E-state index contributed by atoms with van der Waals surface area (Å²) in [5.74, 6) is 4.16. The molecule has 0 nitrogen and oxygen atoms in total. The fourth-order valence-electron chi connectivity index (χ4n) is 3.81. The molecule has 2 saturated carbocycles. The van der Waals surface area contributed by atoms with Crippen molar-refractivity contribution in [1.82, 2.24) is 0 Å². The highest BCUT2D eigenvalue weighted by Crippen LogP contribution is 2.36. The van der Waals surface area contributed by atoms with Crippen LogP contribution in [-0.4, -0.2) is 10.2 Å². The Bertz CT molecular complexity index is 198. The molecule has 97 valence electrons. The predicted octanol–water partition coefficient (Wildman–Crippen LogP) is 4.99. The standard InChI is InChI=1S/C16H29Si/c1-13-2-4-14(5-3-13)6-7-15-8-10-16(12-17)11-9-15/h13-16H,2-12H2,1H3. The molecule has 17 heavy (non-hydrogen) atoms. The zero-order chi connectivity index (χ0) is 12.1. The van der Waals surface area contributed by atoms with Gasteiger partial charge in [0.2, 0.25) is 0 Å². The molecule has 2 rings (SSSR count). The van der Waals surface area contributed by atoms with E-state index in [1.165, 1.54) is 70.3 Å². The van der Waals surface area contributed by atoms with Crippen molar-refractivity contribution < 1.29 is 0 Å². The highest BCUT2D eigenvalue weighted by atomic mass is 28.1. The second kappa shape index (κ2) is 6.97. The van der Waals surface area contributed by atoms with Crippen LogP contribution in [0.15, 0.2) is 0 Å². The van der Waals surface area contributed by atoms with Gasteiger partial charge >= 0.3 is 0 Å². The van der Waals surface area contributed by atoms with Gasteiger partial charge in [-0.15, -0.1) is 0 Å². The fourth-order valence-corrected chi connectivity index (χ4v) is 4.22. The van der Waals surface area contributed by atoms with Gasteiger partial charge < -0.3 is 0 Å². The van der Waals surface area contributed by atoms with Crippen LogP contribution in [0.25, 0.3) is 0 Å². The number of hydrogen-bond donors (Lipinski definition) is 0. The minimum Gasteiger partial charge on any atom is -0.0625 e. The minimum absolute atomic E-state index is 0.985. The lowest BCUT2D eigenvalue weighted by Gasteiger charge is -2.31. The van der Waals surface area contributed by atoms with Gasteiger partial charge in [-0.2, -0.15) is 0 Å². The summed E-state index contributed by atoms with van der Waals surface area (Å²) in [6.07, 6.45) is 15.1. The number of rotatable bonds is 4. The van der Waals surface area contributed by atoms with Crippen molar-refractivity contribution in [3.8, 4) is 0 Å². The Labute approximate surface area is 111 Å². The van der Waals surface area contributed by atoms with Crippen LogP contribution >= 0.6 is 0 Å². The van der Waals surface area contributed by atoms with Crippen LogP contribution in [0.1, 0.15) is 71.1 Å². The Balaban J connectivity index is 1.59. The second-order valence-electron chi connectivity index (χ2n) is 6.79.